The molecule has 0 saturated heterocycles. The molecule has 0 aliphatic carbocycles. The van der Waals surface area contributed by atoms with Crippen molar-refractivity contribution in [2.75, 3.05) is 0 Å². The van der Waals surface area contributed by atoms with Crippen LogP contribution in [0, 0.1) is 0 Å². The molecular weight excluding hydrogens is 188 g/mol. The van der Waals surface area contributed by atoms with E-state index in [4.69, 9.17) is 0 Å². The average Bonchev–Trinajstić information content (AvgIpc) is 2.12. The molecule has 0 saturated carbocycles. The Bertz CT molecular complexity index is 211. The van der Waals surface area contributed by atoms with Crippen molar-refractivity contribution >= 4 is 11.9 Å². The number of rotatable bonds is 2. The van der Waals surface area contributed by atoms with Gasteiger partial charge in [0.05, 0.1) is 0 Å². The summed E-state index contributed by atoms with van der Waals surface area (Å²) in [5, 5.41) is 0. The second-order valence-corrected chi connectivity index (χ2v) is 1.36. The highest BCUT2D eigenvalue weighted by atomic mass is 19.3. The van der Waals surface area contributed by atoms with Crippen LogP contribution < -0.4 is 0 Å². The Morgan fingerprint density at radius 2 is 1.08 bits per heavy atom. The highest BCUT2D eigenvalue weighted by molar-refractivity contribution is 5.96. The highest BCUT2D eigenvalue weighted by Crippen LogP contribution is 2.11. The van der Waals surface area contributed by atoms with Gasteiger partial charge >= 0.3 is 11.9 Å². The largest absolute Gasteiger partial charge is 0.411 e. The van der Waals surface area contributed by atoms with Crippen molar-refractivity contribution < 1.29 is 37.3 Å². The molecule has 0 amide bonds. The minimum Gasteiger partial charge on any atom is -0.247 e. The maximum atomic E-state index is 12.0. The van der Waals surface area contributed by atoms with Gasteiger partial charge in [-0.05, 0) is 0 Å². The predicted molar refractivity (Wildman–Crippen MR) is 23.6 cm³/mol. The van der Waals surface area contributed by atoms with E-state index in [0.29, 0.717) is 0 Å². The summed E-state index contributed by atoms with van der Waals surface area (Å²) in [6, 6.07) is 0. The van der Waals surface area contributed by atoms with Gasteiger partial charge in [0, 0.05) is 9.05 Å². The van der Waals surface area contributed by atoms with Crippen LogP contribution >= 0.6 is 0 Å². The van der Waals surface area contributed by atoms with Gasteiger partial charge in [-0.2, -0.15) is 8.78 Å². The molecule has 0 N–H and O–H groups in total. The zero-order valence-electron chi connectivity index (χ0n) is 5.14. The zero-order valence-corrected chi connectivity index (χ0v) is 5.14. The Hall–Kier alpha value is -1.60. The molecule has 0 aromatic rings. The minimum absolute atomic E-state index is 2.19. The summed E-state index contributed by atoms with van der Waals surface area (Å²) in [6.07, 6.45) is 0. The first-order valence-corrected chi connectivity index (χ1v) is 2.25. The van der Waals surface area contributed by atoms with Gasteiger partial charge in [-0.3, -0.25) is 0 Å². The van der Waals surface area contributed by atoms with Crippen molar-refractivity contribution in [3.05, 3.63) is 11.7 Å². The summed E-state index contributed by atoms with van der Waals surface area (Å²) in [5.74, 6) is -9.81. The lowest BCUT2D eigenvalue weighted by Gasteiger charge is -1.91. The summed E-state index contributed by atoms with van der Waals surface area (Å²) in [5.41, 5.74) is 0. The van der Waals surface area contributed by atoms with Gasteiger partial charge in [0.15, 0.2) is 0 Å². The van der Waals surface area contributed by atoms with Gasteiger partial charge in [0.1, 0.15) is 0 Å². The van der Waals surface area contributed by atoms with Crippen LogP contribution in [-0.2, 0) is 19.5 Å². The molecule has 0 aliphatic rings. The van der Waals surface area contributed by atoms with Crippen molar-refractivity contribution in [3.63, 3.8) is 0 Å². The standard InChI is InChI=1S/C4F4O4/c5-1(3(9)11-7)2(6)4(10)12-8/b2-1-. The molecule has 68 valence electrons. The Morgan fingerprint density at radius 1 is 0.833 bits per heavy atom. The Labute approximate surface area is 62.2 Å². The van der Waals surface area contributed by atoms with Gasteiger partial charge in [-0.15, -0.1) is 0 Å². The fraction of sp³-hybridized carbons (Fsp3) is 0. The molecule has 0 bridgehead atoms. The van der Waals surface area contributed by atoms with E-state index in [1.54, 1.807) is 0 Å². The quantitative estimate of drug-likeness (QED) is 0.479. The molecule has 0 atom stereocenters. The number of hydrogen-bond acceptors (Lipinski definition) is 4. The van der Waals surface area contributed by atoms with E-state index in [9.17, 15) is 27.4 Å². The monoisotopic (exact) mass is 188 g/mol. The lowest BCUT2D eigenvalue weighted by atomic mass is 10.4. The smallest absolute Gasteiger partial charge is 0.247 e. The Kier molecular flexibility index (Phi) is 3.74. The molecule has 0 rings (SSSR count). The summed E-state index contributed by atoms with van der Waals surface area (Å²) >= 11 is 0. The molecule has 0 spiro atoms. The number of carbonyl (C=O) groups excluding carboxylic acids is 2. The predicted octanol–water partition coefficient (Wildman–Crippen LogP) is 0.992. The van der Waals surface area contributed by atoms with E-state index < -0.39 is 23.6 Å². The summed E-state index contributed by atoms with van der Waals surface area (Å²) < 4.78 is 45.6. The van der Waals surface area contributed by atoms with Gasteiger partial charge in [0.25, 0.3) is 11.7 Å². The first-order valence-electron chi connectivity index (χ1n) is 2.25. The van der Waals surface area contributed by atoms with Crippen molar-refractivity contribution in [1.29, 1.82) is 0 Å². The fourth-order valence-electron chi connectivity index (χ4n) is 0.247. The van der Waals surface area contributed by atoms with Crippen molar-refractivity contribution in [3.8, 4) is 0 Å². The molecule has 0 aromatic heterocycles. The third-order valence-corrected chi connectivity index (χ3v) is 0.691. The first-order chi connectivity index (χ1) is 5.54. The molecule has 0 fully saturated rings. The van der Waals surface area contributed by atoms with Crippen LogP contribution in [0.25, 0.3) is 0 Å². The Balaban J connectivity index is 4.68. The third kappa shape index (κ3) is 2.22. The van der Waals surface area contributed by atoms with Gasteiger partial charge in [0.2, 0.25) is 0 Å². The van der Waals surface area contributed by atoms with Gasteiger partial charge in [-0.25, -0.2) is 19.5 Å². The fourth-order valence-corrected chi connectivity index (χ4v) is 0.247. The van der Waals surface area contributed by atoms with Crippen molar-refractivity contribution in [2.24, 2.45) is 0 Å². The zero-order chi connectivity index (χ0) is 9.72. The van der Waals surface area contributed by atoms with Crippen molar-refractivity contribution in [1.82, 2.24) is 0 Å². The van der Waals surface area contributed by atoms with E-state index >= 15 is 0 Å². The average molecular weight is 188 g/mol. The molecule has 0 unspecified atom stereocenters. The second-order valence-electron chi connectivity index (χ2n) is 1.36. The number of halogens is 4. The number of hydrogen-bond donors (Lipinski definition) is 0. The highest BCUT2D eigenvalue weighted by Gasteiger charge is 2.25. The van der Waals surface area contributed by atoms with E-state index in [-0.39, 0.29) is 0 Å². The molecule has 12 heavy (non-hydrogen) atoms. The van der Waals surface area contributed by atoms with Crippen LogP contribution in [0.1, 0.15) is 0 Å². The van der Waals surface area contributed by atoms with Crippen LogP contribution in [0.3, 0.4) is 0 Å². The molecule has 0 radical (unpaired) electrons. The van der Waals surface area contributed by atoms with Gasteiger partial charge in [-0.1, -0.05) is 0 Å². The number of carbonyl (C=O) groups is 2. The maximum Gasteiger partial charge on any atom is 0.411 e. The molecule has 8 heteroatoms. The minimum atomic E-state index is -2.51. The molecule has 0 aromatic carbocycles. The van der Waals surface area contributed by atoms with E-state index in [2.05, 4.69) is 9.88 Å². The summed E-state index contributed by atoms with van der Waals surface area (Å²) in [4.78, 5) is 23.9. The first kappa shape index (κ1) is 10.4. The third-order valence-electron chi connectivity index (χ3n) is 0.691. The Morgan fingerprint density at radius 3 is 1.25 bits per heavy atom. The van der Waals surface area contributed by atoms with Crippen LogP contribution in [-0.4, -0.2) is 11.9 Å². The second kappa shape index (κ2) is 4.31. The van der Waals surface area contributed by atoms with E-state index in [1.807, 2.05) is 0 Å². The molecule has 0 heterocycles. The lowest BCUT2D eigenvalue weighted by molar-refractivity contribution is -0.184. The summed E-state index contributed by atoms with van der Waals surface area (Å²) in [7, 11) is 0. The SMILES string of the molecule is O=C(OF)/C(F)=C(/F)C(=O)OF. The normalized spacial score (nSPS) is 11.7. The summed E-state index contributed by atoms with van der Waals surface area (Å²) in [6.45, 7) is 0. The van der Waals surface area contributed by atoms with Crippen molar-refractivity contribution in [2.45, 2.75) is 0 Å². The van der Waals surface area contributed by atoms with E-state index in [1.165, 1.54) is 0 Å². The maximum absolute atomic E-state index is 12.0. The van der Waals surface area contributed by atoms with E-state index in [0.717, 1.165) is 0 Å². The molecule has 4 nitrogen and oxygen atoms in total. The molecule has 0 aliphatic heterocycles. The molecular formula is C4F4O4. The van der Waals surface area contributed by atoms with Gasteiger partial charge < -0.3 is 0 Å². The van der Waals surface area contributed by atoms with Crippen LogP contribution in [0.4, 0.5) is 17.8 Å². The van der Waals surface area contributed by atoms with Crippen LogP contribution in [0.5, 0.6) is 0 Å². The van der Waals surface area contributed by atoms with Crippen LogP contribution in [0.2, 0.25) is 0 Å². The lowest BCUT2D eigenvalue weighted by Crippen LogP contribution is -2.06. The topological polar surface area (TPSA) is 52.6 Å². The van der Waals surface area contributed by atoms with Crippen LogP contribution in [0.15, 0.2) is 11.7 Å².